The van der Waals surface area contributed by atoms with Crippen molar-refractivity contribution in [3.8, 4) is 11.3 Å². The summed E-state index contributed by atoms with van der Waals surface area (Å²) < 4.78 is 6.60. The Morgan fingerprint density at radius 2 is 2.10 bits per heavy atom. The van der Waals surface area contributed by atoms with Gasteiger partial charge in [-0.3, -0.25) is 9.78 Å². The van der Waals surface area contributed by atoms with Gasteiger partial charge in [-0.05, 0) is 37.5 Å². The highest BCUT2D eigenvalue weighted by molar-refractivity contribution is 5.92. The maximum Gasteiger partial charge on any atom is 0.359 e. The van der Waals surface area contributed by atoms with E-state index in [9.17, 15) is 9.59 Å². The van der Waals surface area contributed by atoms with E-state index >= 15 is 0 Å². The highest BCUT2D eigenvalue weighted by atomic mass is 16.5. The SMILES string of the molecule is CCOC(=O)c1nn2cc(-c3cnc4cccc(C)c4c3)[nH]c(=O)c2c1C(C)C. The summed E-state index contributed by atoms with van der Waals surface area (Å²) in [6.45, 7) is 7.84. The zero-order valence-electron chi connectivity index (χ0n) is 16.8. The first kappa shape index (κ1) is 18.9. The number of carbonyl (C=O) groups excluding carboxylic acids is 1. The van der Waals surface area contributed by atoms with Crippen LogP contribution in [0.4, 0.5) is 0 Å². The molecule has 4 aromatic rings. The Balaban J connectivity index is 1.93. The van der Waals surface area contributed by atoms with Crippen LogP contribution in [0.5, 0.6) is 0 Å². The van der Waals surface area contributed by atoms with Gasteiger partial charge in [0.15, 0.2) is 5.69 Å². The van der Waals surface area contributed by atoms with E-state index in [0.29, 0.717) is 16.8 Å². The Hall–Kier alpha value is -3.48. The Kier molecular flexibility index (Phi) is 4.66. The minimum Gasteiger partial charge on any atom is -0.461 e. The van der Waals surface area contributed by atoms with Crippen molar-refractivity contribution in [2.24, 2.45) is 0 Å². The van der Waals surface area contributed by atoms with Gasteiger partial charge in [-0.15, -0.1) is 0 Å². The molecule has 7 heteroatoms. The molecule has 3 heterocycles. The molecule has 0 aliphatic carbocycles. The van der Waals surface area contributed by atoms with E-state index in [1.165, 1.54) is 4.52 Å². The van der Waals surface area contributed by atoms with Gasteiger partial charge < -0.3 is 9.72 Å². The Morgan fingerprint density at radius 3 is 2.83 bits per heavy atom. The minimum absolute atomic E-state index is 0.0659. The van der Waals surface area contributed by atoms with Gasteiger partial charge in [0.1, 0.15) is 5.52 Å². The molecular formula is C22H22N4O3. The zero-order valence-corrected chi connectivity index (χ0v) is 16.8. The van der Waals surface area contributed by atoms with E-state index in [4.69, 9.17) is 4.74 Å². The van der Waals surface area contributed by atoms with Crippen LogP contribution in [-0.2, 0) is 4.74 Å². The van der Waals surface area contributed by atoms with Crippen LogP contribution in [-0.4, -0.2) is 32.2 Å². The van der Waals surface area contributed by atoms with Crippen LogP contribution in [0, 0.1) is 6.92 Å². The van der Waals surface area contributed by atoms with Gasteiger partial charge in [-0.1, -0.05) is 26.0 Å². The first-order valence-corrected chi connectivity index (χ1v) is 9.59. The van der Waals surface area contributed by atoms with Crippen molar-refractivity contribution in [3.63, 3.8) is 0 Å². The summed E-state index contributed by atoms with van der Waals surface area (Å²) in [6.07, 6.45) is 3.43. The monoisotopic (exact) mass is 390 g/mol. The van der Waals surface area contributed by atoms with Crippen LogP contribution in [0.25, 0.3) is 27.7 Å². The molecule has 0 saturated carbocycles. The molecule has 0 fully saturated rings. The number of benzene rings is 1. The van der Waals surface area contributed by atoms with Crippen molar-refractivity contribution in [2.45, 2.75) is 33.6 Å². The molecule has 148 valence electrons. The van der Waals surface area contributed by atoms with Crippen LogP contribution in [0.15, 0.2) is 41.5 Å². The average Bonchev–Trinajstić information content (AvgIpc) is 3.09. The molecule has 0 unspecified atom stereocenters. The molecule has 1 N–H and O–H groups in total. The van der Waals surface area contributed by atoms with Crippen LogP contribution >= 0.6 is 0 Å². The molecule has 7 nitrogen and oxygen atoms in total. The number of pyridine rings is 1. The summed E-state index contributed by atoms with van der Waals surface area (Å²) in [5, 5.41) is 5.40. The molecule has 0 saturated heterocycles. The molecular weight excluding hydrogens is 368 g/mol. The topological polar surface area (TPSA) is 89.3 Å². The van der Waals surface area contributed by atoms with E-state index in [2.05, 4.69) is 15.1 Å². The quantitative estimate of drug-likeness (QED) is 0.535. The summed E-state index contributed by atoms with van der Waals surface area (Å²) in [5.74, 6) is -0.590. The number of H-pyrrole nitrogens is 1. The van der Waals surface area contributed by atoms with E-state index in [-0.39, 0.29) is 23.8 Å². The summed E-state index contributed by atoms with van der Waals surface area (Å²) in [5.41, 5.74) is 4.16. The fourth-order valence-electron chi connectivity index (χ4n) is 3.59. The minimum atomic E-state index is -0.524. The first-order chi connectivity index (χ1) is 13.9. The van der Waals surface area contributed by atoms with Gasteiger partial charge >= 0.3 is 5.97 Å². The van der Waals surface area contributed by atoms with Crippen LogP contribution in [0.2, 0.25) is 0 Å². The third kappa shape index (κ3) is 3.18. The fourth-order valence-corrected chi connectivity index (χ4v) is 3.59. The lowest BCUT2D eigenvalue weighted by Gasteiger charge is -2.07. The van der Waals surface area contributed by atoms with Crippen molar-refractivity contribution in [3.05, 3.63) is 63.8 Å². The average molecular weight is 390 g/mol. The number of rotatable bonds is 4. The number of hydrogen-bond donors (Lipinski definition) is 1. The van der Waals surface area contributed by atoms with E-state index in [0.717, 1.165) is 22.0 Å². The predicted octanol–water partition coefficient (Wildman–Crippen LogP) is 3.85. The fraction of sp³-hybridized carbons (Fsp3) is 0.273. The third-order valence-corrected chi connectivity index (χ3v) is 4.96. The lowest BCUT2D eigenvalue weighted by molar-refractivity contribution is 0.0517. The van der Waals surface area contributed by atoms with Gasteiger partial charge in [0.05, 0.1) is 24.0 Å². The molecule has 3 aromatic heterocycles. The molecule has 0 amide bonds. The van der Waals surface area contributed by atoms with E-state index in [1.807, 2.05) is 45.0 Å². The summed E-state index contributed by atoms with van der Waals surface area (Å²) in [7, 11) is 0. The molecule has 4 rings (SSSR count). The number of aromatic nitrogens is 4. The molecule has 0 aliphatic heterocycles. The van der Waals surface area contributed by atoms with E-state index < -0.39 is 5.97 Å². The molecule has 0 aliphatic rings. The van der Waals surface area contributed by atoms with Crippen molar-refractivity contribution in [2.75, 3.05) is 6.61 Å². The molecule has 0 radical (unpaired) electrons. The van der Waals surface area contributed by atoms with Crippen molar-refractivity contribution in [1.82, 2.24) is 19.6 Å². The van der Waals surface area contributed by atoms with Crippen molar-refractivity contribution >= 4 is 22.4 Å². The Bertz CT molecular complexity index is 1300. The first-order valence-electron chi connectivity index (χ1n) is 9.59. The maximum atomic E-state index is 12.9. The lowest BCUT2D eigenvalue weighted by Crippen LogP contribution is -2.13. The number of esters is 1. The number of nitrogens with one attached hydrogen (secondary N) is 1. The van der Waals surface area contributed by atoms with Crippen LogP contribution in [0.3, 0.4) is 0 Å². The molecule has 0 spiro atoms. The second-order valence-corrected chi connectivity index (χ2v) is 7.29. The number of aromatic amines is 1. The maximum absolute atomic E-state index is 12.9. The number of carbonyl (C=O) groups is 1. The normalized spacial score (nSPS) is 11.5. The van der Waals surface area contributed by atoms with E-state index in [1.54, 1.807) is 19.3 Å². The molecule has 0 atom stereocenters. The van der Waals surface area contributed by atoms with Gasteiger partial charge in [-0.2, -0.15) is 5.10 Å². The van der Waals surface area contributed by atoms with Gasteiger partial charge in [-0.25, -0.2) is 9.31 Å². The smallest absolute Gasteiger partial charge is 0.359 e. The number of fused-ring (bicyclic) bond motifs is 2. The summed E-state index contributed by atoms with van der Waals surface area (Å²) >= 11 is 0. The highest BCUT2D eigenvalue weighted by Gasteiger charge is 2.25. The molecule has 29 heavy (non-hydrogen) atoms. The largest absolute Gasteiger partial charge is 0.461 e. The number of aryl methyl sites for hydroxylation is 1. The number of hydrogen-bond acceptors (Lipinski definition) is 5. The zero-order chi connectivity index (χ0) is 20.7. The Morgan fingerprint density at radius 1 is 1.31 bits per heavy atom. The summed E-state index contributed by atoms with van der Waals surface area (Å²) in [6, 6.07) is 7.93. The lowest BCUT2D eigenvalue weighted by atomic mass is 10.0. The molecule has 0 bridgehead atoms. The van der Waals surface area contributed by atoms with Crippen molar-refractivity contribution in [1.29, 1.82) is 0 Å². The number of ether oxygens (including phenoxy) is 1. The number of nitrogens with zero attached hydrogens (tertiary/aromatic N) is 3. The standard InChI is InChI=1S/C22H22N4O3/c1-5-29-22(28)19-18(12(2)3)20-21(27)24-17(11-26(20)25-19)14-9-15-13(4)7-6-8-16(15)23-10-14/h6-12H,5H2,1-4H3,(H,24,27). The van der Waals surface area contributed by atoms with Crippen molar-refractivity contribution < 1.29 is 9.53 Å². The Labute approximate surface area is 167 Å². The van der Waals surface area contributed by atoms with Gasteiger partial charge in [0, 0.05) is 22.7 Å². The second-order valence-electron chi connectivity index (χ2n) is 7.29. The third-order valence-electron chi connectivity index (χ3n) is 4.96. The summed E-state index contributed by atoms with van der Waals surface area (Å²) in [4.78, 5) is 32.7. The second kappa shape index (κ2) is 7.16. The van der Waals surface area contributed by atoms with Crippen LogP contribution < -0.4 is 5.56 Å². The van der Waals surface area contributed by atoms with Gasteiger partial charge in [0.25, 0.3) is 5.56 Å². The predicted molar refractivity (Wildman–Crippen MR) is 111 cm³/mol. The van der Waals surface area contributed by atoms with Gasteiger partial charge in [0.2, 0.25) is 0 Å². The molecule has 1 aromatic carbocycles. The highest BCUT2D eigenvalue weighted by Crippen LogP contribution is 2.26. The van der Waals surface area contributed by atoms with Crippen LogP contribution in [0.1, 0.15) is 48.3 Å².